The third-order valence-electron chi connectivity index (χ3n) is 2.45. The van der Waals surface area contributed by atoms with Crippen LogP contribution in [0.25, 0.3) is 0 Å². The van der Waals surface area contributed by atoms with Crippen molar-refractivity contribution in [3.63, 3.8) is 0 Å². The average Bonchev–Trinajstić information content (AvgIpc) is 3.04. The van der Waals surface area contributed by atoms with Gasteiger partial charge in [-0.3, -0.25) is 4.79 Å². The van der Waals surface area contributed by atoms with E-state index in [1.165, 1.54) is 24.3 Å². The van der Waals surface area contributed by atoms with Crippen LogP contribution >= 0.6 is 11.3 Å². The second kappa shape index (κ2) is 5.63. The fraction of sp³-hybridized carbons (Fsp3) is 0.100. The number of sulfonamides is 1. The highest BCUT2D eigenvalue weighted by molar-refractivity contribution is 7.91. The molecule has 2 aromatic rings. The third kappa shape index (κ3) is 3.65. The van der Waals surface area contributed by atoms with Crippen molar-refractivity contribution in [2.24, 2.45) is 5.14 Å². The monoisotopic (exact) mass is 330 g/mol. The molecule has 2 heterocycles. The minimum atomic E-state index is -3.75. The first-order valence-electron chi connectivity index (χ1n) is 5.50. The van der Waals surface area contributed by atoms with Gasteiger partial charge in [0.25, 0.3) is 5.91 Å². The first-order chi connectivity index (χ1) is 9.77. The quantitative estimate of drug-likeness (QED) is 0.541. The lowest BCUT2D eigenvalue weighted by molar-refractivity contribution is -0.389. The molecule has 11 heteroatoms. The van der Waals surface area contributed by atoms with E-state index >= 15 is 0 Å². The molecule has 1 amide bonds. The summed E-state index contributed by atoms with van der Waals surface area (Å²) in [7, 11) is -3.75. The fourth-order valence-corrected chi connectivity index (χ4v) is 3.21. The largest absolute Gasteiger partial charge is 0.358 e. The molecule has 0 aliphatic rings. The predicted octanol–water partition coefficient (Wildman–Crippen LogP) is 0.562. The van der Waals surface area contributed by atoms with Crippen molar-refractivity contribution in [3.05, 3.63) is 45.0 Å². The van der Waals surface area contributed by atoms with Crippen LogP contribution < -0.4 is 10.5 Å². The summed E-state index contributed by atoms with van der Waals surface area (Å²) in [6.45, 7) is 0.0891. The number of H-pyrrole nitrogens is 1. The van der Waals surface area contributed by atoms with Crippen molar-refractivity contribution in [1.82, 2.24) is 10.3 Å². The lowest BCUT2D eigenvalue weighted by atomic mass is 10.4. The number of nitrogens with zero attached hydrogens (tertiary/aromatic N) is 1. The molecule has 0 aliphatic carbocycles. The molecule has 0 atom stereocenters. The van der Waals surface area contributed by atoms with Gasteiger partial charge in [-0.1, -0.05) is 0 Å². The molecular formula is C10H10N4O5S2. The number of nitro groups is 1. The second-order valence-corrected chi connectivity index (χ2v) is 6.92. The Kier molecular flexibility index (Phi) is 4.06. The molecule has 4 N–H and O–H groups in total. The number of primary sulfonamides is 1. The summed E-state index contributed by atoms with van der Waals surface area (Å²) in [5.74, 6) is -0.818. The first-order valence-corrected chi connectivity index (χ1v) is 7.87. The molecule has 0 aliphatic heterocycles. The Hall–Kier alpha value is -2.24. The topological polar surface area (TPSA) is 148 Å². The molecule has 0 saturated heterocycles. The zero-order valence-corrected chi connectivity index (χ0v) is 12.0. The van der Waals surface area contributed by atoms with Crippen LogP contribution in [0.4, 0.5) is 5.82 Å². The Morgan fingerprint density at radius 3 is 2.62 bits per heavy atom. The van der Waals surface area contributed by atoms with Crippen molar-refractivity contribution in [3.8, 4) is 0 Å². The zero-order chi connectivity index (χ0) is 15.6. The minimum Gasteiger partial charge on any atom is -0.358 e. The number of rotatable bonds is 5. The molecular weight excluding hydrogens is 320 g/mol. The molecule has 0 saturated carbocycles. The van der Waals surface area contributed by atoms with E-state index in [4.69, 9.17) is 5.14 Å². The number of carbonyl (C=O) groups is 1. The van der Waals surface area contributed by atoms with Gasteiger partial charge in [0.05, 0.1) is 6.54 Å². The van der Waals surface area contributed by atoms with Crippen molar-refractivity contribution in [1.29, 1.82) is 0 Å². The number of hydrogen-bond acceptors (Lipinski definition) is 6. The van der Waals surface area contributed by atoms with E-state index < -0.39 is 20.9 Å². The van der Waals surface area contributed by atoms with Crippen molar-refractivity contribution < 1.29 is 18.1 Å². The number of aromatic nitrogens is 1. The molecule has 0 radical (unpaired) electrons. The van der Waals surface area contributed by atoms with E-state index in [2.05, 4.69) is 10.3 Å². The van der Waals surface area contributed by atoms with Gasteiger partial charge in [-0.05, 0) is 23.1 Å². The first kappa shape index (κ1) is 15.2. The Morgan fingerprint density at radius 2 is 2.10 bits per heavy atom. The van der Waals surface area contributed by atoms with Gasteiger partial charge >= 0.3 is 5.82 Å². The number of amides is 1. The van der Waals surface area contributed by atoms with Crippen LogP contribution in [0.5, 0.6) is 0 Å². The minimum absolute atomic E-state index is 0.00209. The number of thiophene rings is 1. The highest BCUT2D eigenvalue weighted by atomic mass is 32.2. The summed E-state index contributed by atoms with van der Waals surface area (Å²) >= 11 is 0.941. The molecule has 112 valence electrons. The highest BCUT2D eigenvalue weighted by Crippen LogP contribution is 2.20. The van der Waals surface area contributed by atoms with Gasteiger partial charge in [0.15, 0.2) is 5.69 Å². The molecule has 0 unspecified atom stereocenters. The van der Waals surface area contributed by atoms with E-state index in [0.29, 0.717) is 4.88 Å². The molecule has 0 fully saturated rings. The molecule has 21 heavy (non-hydrogen) atoms. The lowest BCUT2D eigenvalue weighted by Crippen LogP contribution is -2.22. The van der Waals surface area contributed by atoms with Crippen molar-refractivity contribution in [2.45, 2.75) is 10.8 Å². The van der Waals surface area contributed by atoms with Gasteiger partial charge in [0.2, 0.25) is 10.0 Å². The van der Waals surface area contributed by atoms with Crippen LogP contribution in [0, 0.1) is 10.1 Å². The Balaban J connectivity index is 2.00. The van der Waals surface area contributed by atoms with E-state index in [1.54, 1.807) is 0 Å². The SMILES string of the molecule is NS(=O)(=O)c1ccc(CNC(=O)c2ccc([N+](=O)[O-])[nH]2)s1. The maximum atomic E-state index is 11.8. The molecule has 0 aromatic carbocycles. The summed E-state index contributed by atoms with van der Waals surface area (Å²) in [6.07, 6.45) is 0. The summed E-state index contributed by atoms with van der Waals surface area (Å²) in [5, 5.41) is 18.0. The molecule has 2 rings (SSSR count). The van der Waals surface area contributed by atoms with Gasteiger partial charge in [-0.15, -0.1) is 11.3 Å². The van der Waals surface area contributed by atoms with Crippen molar-refractivity contribution in [2.75, 3.05) is 0 Å². The Bertz CT molecular complexity index is 792. The molecule has 0 bridgehead atoms. The predicted molar refractivity (Wildman–Crippen MR) is 74.3 cm³/mol. The highest BCUT2D eigenvalue weighted by Gasteiger charge is 2.16. The zero-order valence-electron chi connectivity index (χ0n) is 10.4. The van der Waals surface area contributed by atoms with Crippen LogP contribution in [-0.4, -0.2) is 24.2 Å². The standard InChI is InChI=1S/C10H10N4O5S2/c11-21(18,19)9-4-1-6(20-9)5-12-10(15)7-2-3-8(13-7)14(16)17/h1-4,13H,5H2,(H,12,15)(H2,11,18,19). The number of nitrogens with one attached hydrogen (secondary N) is 2. The van der Waals surface area contributed by atoms with Gasteiger partial charge in [0.1, 0.15) is 4.21 Å². The number of nitrogens with two attached hydrogens (primary N) is 1. The maximum absolute atomic E-state index is 11.8. The summed E-state index contributed by atoms with van der Waals surface area (Å²) in [6, 6.07) is 5.35. The second-order valence-electron chi connectivity index (χ2n) is 3.96. The summed E-state index contributed by atoms with van der Waals surface area (Å²) < 4.78 is 22.2. The average molecular weight is 330 g/mol. The lowest BCUT2D eigenvalue weighted by Gasteiger charge is -1.99. The smallest absolute Gasteiger partial charge is 0.321 e. The van der Waals surface area contributed by atoms with Gasteiger partial charge in [0, 0.05) is 10.9 Å². The van der Waals surface area contributed by atoms with E-state index in [9.17, 15) is 23.3 Å². The van der Waals surface area contributed by atoms with Crippen LogP contribution in [0.15, 0.2) is 28.5 Å². The van der Waals surface area contributed by atoms with Crippen molar-refractivity contribution >= 4 is 33.1 Å². The Morgan fingerprint density at radius 1 is 1.38 bits per heavy atom. The third-order valence-corrected chi connectivity index (χ3v) is 4.98. The normalized spacial score (nSPS) is 11.3. The summed E-state index contributed by atoms with van der Waals surface area (Å²) in [5.41, 5.74) is 0.0462. The van der Waals surface area contributed by atoms with E-state index in [0.717, 1.165) is 11.3 Å². The molecule has 9 nitrogen and oxygen atoms in total. The van der Waals surface area contributed by atoms with E-state index in [1.807, 2.05) is 0 Å². The Labute approximate surface area is 123 Å². The summed E-state index contributed by atoms with van der Waals surface area (Å²) in [4.78, 5) is 24.5. The fourth-order valence-electron chi connectivity index (χ4n) is 1.49. The number of carbonyl (C=O) groups excluding carboxylic acids is 1. The van der Waals surface area contributed by atoms with Gasteiger partial charge in [-0.25, -0.2) is 18.5 Å². The van der Waals surface area contributed by atoms with Crippen LogP contribution in [0.3, 0.4) is 0 Å². The van der Waals surface area contributed by atoms with Crippen LogP contribution in [-0.2, 0) is 16.6 Å². The molecule has 0 spiro atoms. The molecule has 2 aromatic heterocycles. The number of aromatic amines is 1. The van der Waals surface area contributed by atoms with Gasteiger partial charge < -0.3 is 15.4 Å². The van der Waals surface area contributed by atoms with Gasteiger partial charge in [-0.2, -0.15) is 0 Å². The van der Waals surface area contributed by atoms with Crippen LogP contribution in [0.1, 0.15) is 15.4 Å². The maximum Gasteiger partial charge on any atom is 0.321 e. The van der Waals surface area contributed by atoms with E-state index in [-0.39, 0.29) is 22.3 Å². The number of hydrogen-bond donors (Lipinski definition) is 3. The van der Waals surface area contributed by atoms with Crippen LogP contribution in [0.2, 0.25) is 0 Å².